The molecule has 0 heterocycles. The highest BCUT2D eigenvalue weighted by Gasteiger charge is 2.61. The van der Waals surface area contributed by atoms with Crippen LogP contribution in [0.2, 0.25) is 0 Å². The number of alkyl halides is 1. The number of ether oxygens (including phenoxy) is 1. The van der Waals surface area contributed by atoms with Crippen molar-refractivity contribution in [3.05, 3.63) is 34.3 Å². The Balaban J connectivity index is 2.12. The maximum Gasteiger partial charge on any atom is 0.312 e. The third kappa shape index (κ3) is 1.98. The average Bonchev–Trinajstić information content (AvgIpc) is 2.93. The largest absolute Gasteiger partial charge is 0.466 e. The normalized spacial score (nSPS) is 27.6. The van der Waals surface area contributed by atoms with E-state index in [-0.39, 0.29) is 6.42 Å². The summed E-state index contributed by atoms with van der Waals surface area (Å²) < 4.78 is 20.0. The quantitative estimate of drug-likeness (QED) is 0.798. The molecule has 0 aliphatic heterocycles. The lowest BCUT2D eigenvalue weighted by Crippen LogP contribution is -2.13. The Kier molecular flexibility index (Phi) is 3.02. The van der Waals surface area contributed by atoms with Gasteiger partial charge in [-0.05, 0) is 24.6 Å². The van der Waals surface area contributed by atoms with Crippen LogP contribution in [0.25, 0.3) is 0 Å². The van der Waals surface area contributed by atoms with Crippen molar-refractivity contribution in [3.63, 3.8) is 0 Å². The minimum Gasteiger partial charge on any atom is -0.466 e. The molecule has 16 heavy (non-hydrogen) atoms. The molecule has 86 valence electrons. The Bertz CT molecular complexity index is 404. The van der Waals surface area contributed by atoms with Crippen LogP contribution in [0.5, 0.6) is 0 Å². The van der Waals surface area contributed by atoms with Gasteiger partial charge in [-0.15, -0.1) is 0 Å². The van der Waals surface area contributed by atoms with Gasteiger partial charge in [0.1, 0.15) is 5.67 Å². The second-order valence-electron chi connectivity index (χ2n) is 3.88. The monoisotopic (exact) mass is 286 g/mol. The molecule has 4 heteroatoms. The van der Waals surface area contributed by atoms with Gasteiger partial charge in [0.2, 0.25) is 0 Å². The van der Waals surface area contributed by atoms with Crippen LogP contribution in [0.4, 0.5) is 4.39 Å². The molecule has 2 atom stereocenters. The van der Waals surface area contributed by atoms with Gasteiger partial charge in [-0.3, -0.25) is 4.79 Å². The first-order valence-corrected chi connectivity index (χ1v) is 5.99. The van der Waals surface area contributed by atoms with Crippen molar-refractivity contribution in [3.8, 4) is 0 Å². The molecule has 0 N–H and O–H groups in total. The predicted molar refractivity (Wildman–Crippen MR) is 61.7 cm³/mol. The van der Waals surface area contributed by atoms with E-state index in [2.05, 4.69) is 15.9 Å². The van der Waals surface area contributed by atoms with Crippen molar-refractivity contribution in [2.75, 3.05) is 6.61 Å². The lowest BCUT2D eigenvalue weighted by Gasteiger charge is -2.07. The van der Waals surface area contributed by atoms with Crippen molar-refractivity contribution in [1.82, 2.24) is 0 Å². The van der Waals surface area contributed by atoms with Crippen LogP contribution in [0.1, 0.15) is 18.9 Å². The maximum absolute atomic E-state index is 14.3. The number of rotatable bonds is 3. The van der Waals surface area contributed by atoms with Crippen molar-refractivity contribution in [1.29, 1.82) is 0 Å². The fourth-order valence-electron chi connectivity index (χ4n) is 1.80. The molecule has 2 rings (SSSR count). The Morgan fingerprint density at radius 2 is 2.19 bits per heavy atom. The van der Waals surface area contributed by atoms with E-state index in [1.807, 2.05) is 0 Å². The maximum atomic E-state index is 14.3. The van der Waals surface area contributed by atoms with Gasteiger partial charge in [-0.2, -0.15) is 0 Å². The number of halogens is 2. The van der Waals surface area contributed by atoms with E-state index in [1.165, 1.54) is 0 Å². The van der Waals surface area contributed by atoms with Gasteiger partial charge in [-0.25, -0.2) is 4.39 Å². The van der Waals surface area contributed by atoms with E-state index in [4.69, 9.17) is 4.74 Å². The average molecular weight is 287 g/mol. The van der Waals surface area contributed by atoms with Crippen molar-refractivity contribution in [2.45, 2.75) is 19.0 Å². The molecule has 1 saturated carbocycles. The topological polar surface area (TPSA) is 26.3 Å². The summed E-state index contributed by atoms with van der Waals surface area (Å²) >= 11 is 3.29. The zero-order valence-corrected chi connectivity index (χ0v) is 10.5. The Morgan fingerprint density at radius 1 is 1.56 bits per heavy atom. The van der Waals surface area contributed by atoms with Gasteiger partial charge in [0, 0.05) is 10.9 Å². The van der Waals surface area contributed by atoms with Gasteiger partial charge in [0.05, 0.1) is 12.5 Å². The highest BCUT2D eigenvalue weighted by atomic mass is 79.9. The lowest BCUT2D eigenvalue weighted by molar-refractivity contribution is -0.145. The molecule has 0 amide bonds. The van der Waals surface area contributed by atoms with E-state index in [1.54, 1.807) is 31.2 Å². The number of benzene rings is 1. The minimum atomic E-state index is -1.52. The zero-order valence-electron chi connectivity index (χ0n) is 8.87. The van der Waals surface area contributed by atoms with Crippen LogP contribution in [-0.2, 0) is 15.2 Å². The minimum absolute atomic E-state index is 0.230. The second-order valence-corrected chi connectivity index (χ2v) is 4.79. The molecule has 1 fully saturated rings. The molecule has 1 aromatic rings. The summed E-state index contributed by atoms with van der Waals surface area (Å²) in [6.07, 6.45) is 0.230. The summed E-state index contributed by atoms with van der Waals surface area (Å²) in [6.45, 7) is 2.02. The van der Waals surface area contributed by atoms with E-state index < -0.39 is 17.6 Å². The summed E-state index contributed by atoms with van der Waals surface area (Å²) in [6, 6.07) is 6.95. The highest BCUT2D eigenvalue weighted by molar-refractivity contribution is 9.10. The van der Waals surface area contributed by atoms with Crippen molar-refractivity contribution in [2.24, 2.45) is 5.92 Å². The summed E-state index contributed by atoms with van der Waals surface area (Å²) in [7, 11) is 0. The summed E-state index contributed by atoms with van der Waals surface area (Å²) in [5, 5.41) is 0. The standard InChI is InChI=1S/C12H12BrFO2/c1-2-16-11(15)10-7-12(10,14)8-3-5-9(13)6-4-8/h3-6,10H,2,7H2,1H3/t10-,12+/m1/s1. The Labute approximate surface area is 102 Å². The summed E-state index contributed by atoms with van der Waals surface area (Å²) in [4.78, 5) is 11.4. The Hall–Kier alpha value is -0.900. The molecule has 1 aliphatic rings. The predicted octanol–water partition coefficient (Wildman–Crippen LogP) is 3.20. The molecule has 0 aromatic heterocycles. The number of hydrogen-bond acceptors (Lipinski definition) is 2. The molecule has 1 aliphatic carbocycles. The number of carbonyl (C=O) groups is 1. The molecule has 0 saturated heterocycles. The van der Waals surface area contributed by atoms with Crippen LogP contribution in [0.3, 0.4) is 0 Å². The van der Waals surface area contributed by atoms with Gasteiger partial charge >= 0.3 is 5.97 Å². The van der Waals surface area contributed by atoms with Gasteiger partial charge in [0.15, 0.2) is 0 Å². The smallest absolute Gasteiger partial charge is 0.312 e. The van der Waals surface area contributed by atoms with Crippen molar-refractivity contribution < 1.29 is 13.9 Å². The molecular formula is C12H12BrFO2. The molecule has 0 spiro atoms. The van der Waals surface area contributed by atoms with Crippen LogP contribution in [-0.4, -0.2) is 12.6 Å². The fraction of sp³-hybridized carbons (Fsp3) is 0.417. The molecule has 2 nitrogen and oxygen atoms in total. The number of hydrogen-bond donors (Lipinski definition) is 0. The SMILES string of the molecule is CCOC(=O)[C@H]1C[C@]1(F)c1ccc(Br)cc1. The zero-order chi connectivity index (χ0) is 11.8. The number of carbonyl (C=O) groups excluding carboxylic acids is 1. The lowest BCUT2D eigenvalue weighted by atomic mass is 10.1. The van der Waals surface area contributed by atoms with Crippen LogP contribution in [0, 0.1) is 5.92 Å². The van der Waals surface area contributed by atoms with Crippen LogP contribution < -0.4 is 0 Å². The molecule has 1 aromatic carbocycles. The third-order valence-electron chi connectivity index (χ3n) is 2.79. The Morgan fingerprint density at radius 3 is 2.75 bits per heavy atom. The van der Waals surface area contributed by atoms with E-state index in [0.29, 0.717) is 12.2 Å². The van der Waals surface area contributed by atoms with E-state index >= 15 is 0 Å². The van der Waals surface area contributed by atoms with E-state index in [0.717, 1.165) is 4.47 Å². The molecule has 0 bridgehead atoms. The fourth-order valence-corrected chi connectivity index (χ4v) is 2.06. The van der Waals surface area contributed by atoms with Crippen molar-refractivity contribution >= 4 is 21.9 Å². The van der Waals surface area contributed by atoms with E-state index in [9.17, 15) is 9.18 Å². The van der Waals surface area contributed by atoms with Crippen LogP contribution >= 0.6 is 15.9 Å². The first-order valence-electron chi connectivity index (χ1n) is 5.19. The molecule has 0 radical (unpaired) electrons. The first-order chi connectivity index (χ1) is 7.58. The summed E-state index contributed by atoms with van der Waals surface area (Å²) in [5.74, 6) is -1.07. The highest BCUT2D eigenvalue weighted by Crippen LogP contribution is 2.56. The van der Waals surface area contributed by atoms with Gasteiger partial charge < -0.3 is 4.74 Å². The second kappa shape index (κ2) is 4.17. The third-order valence-corrected chi connectivity index (χ3v) is 3.32. The van der Waals surface area contributed by atoms with Crippen LogP contribution in [0.15, 0.2) is 28.7 Å². The van der Waals surface area contributed by atoms with Gasteiger partial charge in [-0.1, -0.05) is 28.1 Å². The van der Waals surface area contributed by atoms with Gasteiger partial charge in [0.25, 0.3) is 0 Å². The summed E-state index contributed by atoms with van der Waals surface area (Å²) in [5.41, 5.74) is -0.971. The first kappa shape index (κ1) is 11.6. The number of esters is 1. The molecule has 0 unspecified atom stereocenters. The molecular weight excluding hydrogens is 275 g/mol.